The van der Waals surface area contributed by atoms with Gasteiger partial charge in [-0.15, -0.1) is 0 Å². The van der Waals surface area contributed by atoms with E-state index in [1.807, 2.05) is 127 Å². The van der Waals surface area contributed by atoms with Gasteiger partial charge in [0.2, 0.25) is 0 Å². The second-order valence-electron chi connectivity index (χ2n) is 27.4. The fourth-order valence-electron chi connectivity index (χ4n) is 15.4. The van der Waals surface area contributed by atoms with Gasteiger partial charge in [-0.2, -0.15) is 0 Å². The SMILES string of the molecule is CCOC(=O)C1(C(=O)OCC)Cc2cccc(c2)C(=O)Nc2ccccc2C2=C3C=CC(=N3)C3c4ccccc4NC(=O)c4cccc(c4)CC(C(=O)OCC)(C(=O)OCC)Cc4cccc(c4)C(=O)Nc4ccccc4/C(=C4\C=CC3N4)C3=N/C(=C(\c4ccc2[nH]4)c2ccccc2NC(=O)c2cccc(c2)C1)C=C3. The first-order chi connectivity index (χ1) is 53.5. The van der Waals surface area contributed by atoms with Crippen LogP contribution in [0, 0.1) is 10.8 Å². The van der Waals surface area contributed by atoms with Crippen LogP contribution in [0.4, 0.5) is 22.7 Å². The van der Waals surface area contributed by atoms with Crippen molar-refractivity contribution in [2.24, 2.45) is 20.8 Å². The largest absolute Gasteiger partial charge is 0.465 e. The zero-order valence-corrected chi connectivity index (χ0v) is 60.7. The Hall–Kier alpha value is -13.6. The van der Waals surface area contributed by atoms with E-state index in [1.54, 1.807) is 143 Å². The van der Waals surface area contributed by atoms with Crippen LogP contribution in [0.15, 0.2) is 270 Å². The quantitative estimate of drug-likeness (QED) is 0.0470. The number of esters is 4. The smallest absolute Gasteiger partial charge is 0.324 e. The van der Waals surface area contributed by atoms with Crippen molar-refractivity contribution in [1.29, 1.82) is 0 Å². The van der Waals surface area contributed by atoms with Crippen LogP contribution >= 0.6 is 0 Å². The summed E-state index contributed by atoms with van der Waals surface area (Å²) in [5.74, 6) is -6.09. The number of hydrogen-bond donors (Lipinski definition) is 6. The summed E-state index contributed by atoms with van der Waals surface area (Å²) >= 11 is 0. The third-order valence-corrected chi connectivity index (χ3v) is 20.4. The van der Waals surface area contributed by atoms with Crippen LogP contribution in [0.5, 0.6) is 0 Å². The highest BCUT2D eigenvalue weighted by Gasteiger charge is 2.51. The van der Waals surface area contributed by atoms with Crippen molar-refractivity contribution in [3.8, 4) is 0 Å². The molecule has 20 heteroatoms. The van der Waals surface area contributed by atoms with E-state index in [0.29, 0.717) is 124 Å². The lowest BCUT2D eigenvalue weighted by atomic mass is 9.76. The first-order valence-corrected chi connectivity index (χ1v) is 36.6. The number of rotatable bonds is 8. The van der Waals surface area contributed by atoms with Gasteiger partial charge >= 0.3 is 23.9 Å². The van der Waals surface area contributed by atoms with Crippen LogP contribution in [0.3, 0.4) is 0 Å². The molecule has 8 aromatic carbocycles. The maximum atomic E-state index is 15.2. The Kier molecular flexibility index (Phi) is 20.1. The number of ether oxygens (including phenoxy) is 4. The second-order valence-corrected chi connectivity index (χ2v) is 27.4. The summed E-state index contributed by atoms with van der Waals surface area (Å²) in [5, 5.41) is 16.8. The minimum Gasteiger partial charge on any atom is -0.465 e. The number of hydrogen-bond acceptors (Lipinski definition) is 15. The van der Waals surface area contributed by atoms with Crippen molar-refractivity contribution in [1.82, 2.24) is 10.3 Å². The number of amides is 4. The third kappa shape index (κ3) is 14.0. The molecular formula is C90H76N8O12. The number of aliphatic imine (C=N–C) groups is 2. The molecule has 0 saturated heterocycles. The number of para-hydroxylation sites is 4. The van der Waals surface area contributed by atoms with E-state index < -0.39 is 70.3 Å². The highest BCUT2D eigenvalue weighted by molar-refractivity contribution is 6.33. The number of allylic oxidation sites excluding steroid dienone is 6. The molecule has 6 aliphatic rings. The highest BCUT2D eigenvalue weighted by Crippen LogP contribution is 2.45. The lowest BCUT2D eigenvalue weighted by Gasteiger charge is -2.30. The summed E-state index contributed by atoms with van der Waals surface area (Å²) < 4.78 is 22.9. The number of aromatic nitrogens is 1. The Bertz CT molecular complexity index is 5550. The van der Waals surface area contributed by atoms with E-state index in [0.717, 1.165) is 0 Å². The number of benzene rings is 8. The molecule has 0 radical (unpaired) electrons. The molecule has 20 nitrogen and oxygen atoms in total. The minimum absolute atomic E-state index is 0.0513. The number of carbonyl (C=O) groups excluding carboxylic acids is 8. The maximum absolute atomic E-state index is 15.2. The average molecular weight is 1460 g/mol. The van der Waals surface area contributed by atoms with Crippen LogP contribution in [0.1, 0.15) is 131 Å². The first kappa shape index (κ1) is 72.0. The van der Waals surface area contributed by atoms with Gasteiger partial charge in [-0.05, 0) is 197 Å². The number of carbonyl (C=O) groups is 8. The summed E-state index contributed by atoms with van der Waals surface area (Å²) in [6.45, 7) is 6.39. The number of anilines is 4. The van der Waals surface area contributed by atoms with Crippen molar-refractivity contribution < 1.29 is 57.3 Å². The second kappa shape index (κ2) is 30.7. The van der Waals surface area contributed by atoms with Crippen LogP contribution < -0.4 is 26.6 Å². The van der Waals surface area contributed by atoms with E-state index in [9.17, 15) is 19.2 Å². The van der Waals surface area contributed by atoms with Crippen molar-refractivity contribution in [2.45, 2.75) is 65.3 Å². The lowest BCUT2D eigenvalue weighted by Crippen LogP contribution is -2.46. The van der Waals surface area contributed by atoms with Gasteiger partial charge in [0.1, 0.15) is 0 Å². The van der Waals surface area contributed by atoms with Gasteiger partial charge < -0.3 is 50.5 Å². The molecule has 0 fully saturated rings. The molecule has 4 amide bonds. The van der Waals surface area contributed by atoms with Crippen molar-refractivity contribution in [2.75, 3.05) is 47.7 Å². The van der Waals surface area contributed by atoms with Crippen LogP contribution in [0.2, 0.25) is 0 Å². The Morgan fingerprint density at radius 1 is 0.391 bits per heavy atom. The van der Waals surface area contributed by atoms with Gasteiger partial charge in [-0.25, -0.2) is 4.99 Å². The Morgan fingerprint density at radius 2 is 0.755 bits per heavy atom. The molecular weight excluding hydrogens is 1390 g/mol. The van der Waals surface area contributed by atoms with E-state index >= 15 is 19.2 Å². The summed E-state index contributed by atoms with van der Waals surface area (Å²) in [6, 6.07) is 59.6. The molecule has 0 aliphatic carbocycles. The van der Waals surface area contributed by atoms with E-state index in [2.05, 4.69) is 31.6 Å². The molecule has 0 spiro atoms. The molecule has 20 bridgehead atoms. The topological polar surface area (TPSA) is 274 Å². The number of nitrogens with zero attached hydrogens (tertiary/aromatic N) is 2. The monoisotopic (exact) mass is 1460 g/mol. The zero-order valence-electron chi connectivity index (χ0n) is 60.7. The Labute approximate surface area is 634 Å². The van der Waals surface area contributed by atoms with Gasteiger partial charge in [0, 0.05) is 95.5 Å². The summed E-state index contributed by atoms with van der Waals surface area (Å²) in [6.07, 6.45) is 10.7. The van der Waals surface area contributed by atoms with E-state index in [4.69, 9.17) is 28.9 Å². The molecule has 9 aromatic rings. The normalized spacial score (nSPS) is 18.8. The van der Waals surface area contributed by atoms with Gasteiger partial charge in [0.25, 0.3) is 23.6 Å². The van der Waals surface area contributed by atoms with Crippen LogP contribution in [-0.2, 0) is 63.8 Å². The highest BCUT2D eigenvalue weighted by atomic mass is 16.6. The number of fused-ring (bicyclic) bond motifs is 20. The molecule has 110 heavy (non-hydrogen) atoms. The average Bonchev–Trinajstić information content (AvgIpc) is 1.41. The molecule has 2 unspecified atom stereocenters. The third-order valence-electron chi connectivity index (χ3n) is 20.4. The summed E-state index contributed by atoms with van der Waals surface area (Å²) in [5.41, 5.74) is 7.99. The zero-order chi connectivity index (χ0) is 76.2. The van der Waals surface area contributed by atoms with Gasteiger partial charge in [-0.1, -0.05) is 127 Å². The van der Waals surface area contributed by atoms with Crippen molar-refractivity contribution in [3.63, 3.8) is 0 Å². The number of aromatic amines is 1. The molecule has 2 atom stereocenters. The number of H-pyrrole nitrogens is 1. The summed E-state index contributed by atoms with van der Waals surface area (Å²) in [7, 11) is 0. The molecule has 548 valence electrons. The maximum Gasteiger partial charge on any atom is 0.324 e. The lowest BCUT2D eigenvalue weighted by molar-refractivity contribution is -0.173. The predicted molar refractivity (Wildman–Crippen MR) is 421 cm³/mol. The molecule has 1 aromatic heterocycles. The molecule has 6 N–H and O–H groups in total. The Morgan fingerprint density at radius 3 is 1.17 bits per heavy atom. The van der Waals surface area contributed by atoms with Crippen molar-refractivity contribution >= 4 is 98.4 Å². The standard InChI is InChI=1S/C90H76N8O12/c1-5-107-85(103)89(86(104)108-6-2)49-53-21-17-25-57(45-53)81(99)95-65-33-13-9-29-61(65)77-69-37-38-70(91-69)78(62-30-10-14-34-66(62)96-82(100)58-26-18-22-54(46-58)50-89)74-42-44-76(94-74)80-64-32-12-16-36-68(64)98-84(102)60-28-20-24-56(48-60)52-90(87(105)109-7-3,88(106)110-8-4)51-55-23-19-27-59(47-55)83(101)97-67-35-15-11-31-63(67)79(71-39-40-72(80)92-71)75-43-41-73(77)93-75/h9-48,69,77,91-92H,5-8,49-52H2,1-4H3,(H,95,99)(H,96,100)(H,97,101)(H,98,102)/b78-70-,79-75?,80-76-. The molecule has 15 rings (SSSR count). The molecule has 6 aliphatic heterocycles. The summed E-state index contributed by atoms with van der Waals surface area (Å²) in [4.78, 5) is 134. The predicted octanol–water partition coefficient (Wildman–Crippen LogP) is 14.7. The fourth-order valence-corrected chi connectivity index (χ4v) is 15.4. The number of nitrogens with one attached hydrogen (secondary N) is 6. The Balaban J connectivity index is 0.976. The van der Waals surface area contributed by atoms with Crippen molar-refractivity contribution in [3.05, 3.63) is 338 Å². The van der Waals surface area contributed by atoms with Crippen LogP contribution in [-0.4, -0.2) is 96.4 Å². The molecule has 7 heterocycles. The minimum atomic E-state index is -1.99. The van der Waals surface area contributed by atoms with Gasteiger partial charge in [0.05, 0.1) is 61.2 Å². The van der Waals surface area contributed by atoms with Gasteiger partial charge in [0.15, 0.2) is 10.8 Å². The van der Waals surface area contributed by atoms with Gasteiger partial charge in [-0.3, -0.25) is 43.3 Å². The van der Waals surface area contributed by atoms with E-state index in [-0.39, 0.29) is 74.4 Å². The molecule has 0 saturated carbocycles. The fraction of sp³-hybridized carbons (Fsp3) is 0.178. The van der Waals surface area contributed by atoms with E-state index in [1.165, 1.54) is 0 Å². The van der Waals surface area contributed by atoms with Crippen LogP contribution in [0.25, 0.3) is 16.7 Å². The first-order valence-electron chi connectivity index (χ1n) is 36.6.